The lowest BCUT2D eigenvalue weighted by molar-refractivity contribution is -0.893. The van der Waals surface area contributed by atoms with E-state index in [1.807, 2.05) is 0 Å². The monoisotopic (exact) mass is 588 g/mol. The van der Waals surface area contributed by atoms with E-state index in [4.69, 9.17) is 10.6 Å². The molecule has 2 fully saturated rings. The maximum Gasteiger partial charge on any atom is 0.276 e. The number of hydrogen-bond acceptors (Lipinski definition) is 10. The molecule has 17 heteroatoms. The highest BCUT2D eigenvalue weighted by Gasteiger charge is 2.53. The van der Waals surface area contributed by atoms with Gasteiger partial charge in [0.1, 0.15) is 30.8 Å². The number of carbonyl (C=O) groups is 3. The molecule has 36 heavy (non-hydrogen) atoms. The molecule has 2 amide bonds. The number of aromatic nitrogens is 1. The Balaban J connectivity index is 0.00000306. The molecule has 1 aromatic rings. The number of hydrogen-bond donors (Lipinski definition) is 2. The normalized spacial score (nSPS) is 22.0. The Labute approximate surface area is 228 Å². The molecule has 1 aromatic heterocycles. The highest BCUT2D eigenvalue weighted by molar-refractivity contribution is 8.00. The smallest absolute Gasteiger partial charge is 0.276 e. The van der Waals surface area contributed by atoms with Gasteiger partial charge in [-0.15, -0.1) is 47.9 Å². The lowest BCUT2D eigenvalue weighted by Gasteiger charge is -2.51. The number of likely N-dealkylation sites (N-methyl/N-ethyl adjacent to an activating group) is 1. The van der Waals surface area contributed by atoms with E-state index >= 15 is 0 Å². The van der Waals surface area contributed by atoms with Gasteiger partial charge < -0.3 is 41.2 Å². The molecule has 0 radical (unpaired) electrons. The highest BCUT2D eigenvalue weighted by atomic mass is 35.5. The molecule has 3 aliphatic rings. The van der Waals surface area contributed by atoms with Crippen molar-refractivity contribution in [3.8, 4) is 0 Å². The molecule has 0 aliphatic carbocycles. The number of nitrogens with zero attached hydrogens (tertiary/aromatic N) is 4. The minimum Gasteiger partial charge on any atom is -0.543 e. The van der Waals surface area contributed by atoms with E-state index in [1.54, 1.807) is 5.38 Å². The number of nitrogens with two attached hydrogens (primary N) is 1. The summed E-state index contributed by atoms with van der Waals surface area (Å²) in [6.45, 7) is 2.53. The zero-order valence-electron chi connectivity index (χ0n) is 19.5. The molecule has 4 heterocycles. The number of nitrogen functional groups attached to an aromatic ring is 1. The number of anilines is 1. The van der Waals surface area contributed by atoms with Crippen LogP contribution in [0.5, 0.6) is 0 Å². The van der Waals surface area contributed by atoms with Gasteiger partial charge in [0.05, 0.1) is 31.8 Å². The Morgan fingerprint density at radius 2 is 1.97 bits per heavy atom. The fourth-order valence-corrected chi connectivity index (χ4v) is 6.30. The number of fused-ring (bicyclic) bond motifs is 1. The van der Waals surface area contributed by atoms with Crippen LogP contribution in [0.3, 0.4) is 0 Å². The van der Waals surface area contributed by atoms with E-state index in [9.17, 15) is 19.5 Å². The van der Waals surface area contributed by atoms with Gasteiger partial charge in [0, 0.05) is 29.5 Å². The summed E-state index contributed by atoms with van der Waals surface area (Å²) >= 11 is 2.57. The molecular formula is C19H30Cl2N6O7S2. The van der Waals surface area contributed by atoms with Crippen molar-refractivity contribution in [3.63, 3.8) is 0 Å². The molecule has 2 atom stereocenters. The molecular weight excluding hydrogens is 559 g/mol. The van der Waals surface area contributed by atoms with Crippen molar-refractivity contribution in [1.29, 1.82) is 0 Å². The Morgan fingerprint density at radius 3 is 2.50 bits per heavy atom. The Bertz CT molecular complexity index is 1030. The van der Waals surface area contributed by atoms with Crippen molar-refractivity contribution in [2.24, 2.45) is 5.16 Å². The van der Waals surface area contributed by atoms with Gasteiger partial charge in [0.2, 0.25) is 0 Å². The number of thiazole rings is 1. The molecule has 0 saturated carbocycles. The minimum absolute atomic E-state index is 0. The van der Waals surface area contributed by atoms with Crippen LogP contribution in [-0.4, -0.2) is 99.8 Å². The summed E-state index contributed by atoms with van der Waals surface area (Å²) in [5, 5.41) is 19.6. The van der Waals surface area contributed by atoms with Crippen LogP contribution in [0.15, 0.2) is 21.8 Å². The molecule has 2 saturated heterocycles. The number of thioether (sulfide) groups is 1. The number of likely N-dealkylation sites (tertiary alicyclic amines) is 1. The maximum absolute atomic E-state index is 12.9. The second-order valence-electron chi connectivity index (χ2n) is 8.23. The molecule has 0 aromatic carbocycles. The largest absolute Gasteiger partial charge is 0.543 e. The molecule has 13 nitrogen and oxygen atoms in total. The maximum atomic E-state index is 12.9. The van der Waals surface area contributed by atoms with Crippen molar-refractivity contribution in [1.82, 2.24) is 15.2 Å². The number of nitrogens with one attached hydrogen (secondary N) is 1. The Hall–Kier alpha value is -2.14. The van der Waals surface area contributed by atoms with Gasteiger partial charge in [-0.2, -0.15) is 0 Å². The number of aliphatic carboxylic acids is 1. The van der Waals surface area contributed by atoms with Crippen LogP contribution in [-0.2, 0) is 19.2 Å². The standard InChI is InChI=1S/C19H24N6O5S2.2ClH.2H2O/c1-25(5-3-4-6-25)7-10-8-31-17-13(16(27)24(17)14(10)18(28)29)22-15(26)12(23-30-2)11-9-32-19(20)21-11;;;;/h9,13,17H,3-8H2,1-2H3,(H3-,20,21,22,26,28,29);2*1H;2*1H2/b23-12-;;;;/t13?,17-;;;;/m0..../s1. The lowest BCUT2D eigenvalue weighted by atomic mass is 10.0. The summed E-state index contributed by atoms with van der Waals surface area (Å²) in [6, 6.07) is -0.891. The molecule has 0 spiro atoms. The number of carboxylic acid groups (broad SMARTS) is 1. The van der Waals surface area contributed by atoms with Crippen LogP contribution in [0.1, 0.15) is 18.5 Å². The summed E-state index contributed by atoms with van der Waals surface area (Å²) in [5.74, 6) is -2.06. The zero-order valence-corrected chi connectivity index (χ0v) is 22.8. The summed E-state index contributed by atoms with van der Waals surface area (Å²) in [7, 11) is 3.39. The second kappa shape index (κ2) is 13.4. The Morgan fingerprint density at radius 1 is 1.33 bits per heavy atom. The number of carbonyl (C=O) groups excluding carboxylic acids is 3. The van der Waals surface area contributed by atoms with Crippen molar-refractivity contribution in [3.05, 3.63) is 22.3 Å². The second-order valence-corrected chi connectivity index (χ2v) is 10.2. The van der Waals surface area contributed by atoms with Crippen LogP contribution in [0.4, 0.5) is 5.13 Å². The van der Waals surface area contributed by atoms with E-state index in [-0.39, 0.29) is 58.0 Å². The number of quaternary nitrogens is 1. The number of halogens is 2. The summed E-state index contributed by atoms with van der Waals surface area (Å²) in [4.78, 5) is 47.7. The first-order valence-electron chi connectivity index (χ1n) is 10.1. The van der Waals surface area contributed by atoms with Gasteiger partial charge in [0.15, 0.2) is 10.8 Å². The topological polar surface area (TPSA) is 213 Å². The van der Waals surface area contributed by atoms with Gasteiger partial charge in [-0.1, -0.05) is 5.16 Å². The first-order chi connectivity index (χ1) is 15.2. The van der Waals surface area contributed by atoms with Crippen LogP contribution in [0, 0.1) is 0 Å². The van der Waals surface area contributed by atoms with Crippen LogP contribution >= 0.6 is 47.9 Å². The third kappa shape index (κ3) is 6.40. The van der Waals surface area contributed by atoms with E-state index in [0.717, 1.165) is 41.8 Å². The van der Waals surface area contributed by atoms with Crippen LogP contribution in [0.2, 0.25) is 0 Å². The third-order valence-electron chi connectivity index (χ3n) is 5.91. The lowest BCUT2D eigenvalue weighted by Crippen LogP contribution is -2.71. The predicted octanol–water partition coefficient (Wildman–Crippen LogP) is -2.09. The average molecular weight is 590 g/mol. The molecule has 7 N–H and O–H groups in total. The minimum atomic E-state index is -1.37. The summed E-state index contributed by atoms with van der Waals surface area (Å²) < 4.78 is 0.757. The van der Waals surface area contributed by atoms with Crippen LogP contribution < -0.4 is 16.2 Å². The first kappa shape index (κ1) is 33.9. The van der Waals surface area contributed by atoms with Gasteiger partial charge in [0.25, 0.3) is 11.8 Å². The van der Waals surface area contributed by atoms with Crippen molar-refractivity contribution >= 4 is 76.5 Å². The van der Waals surface area contributed by atoms with Crippen molar-refractivity contribution in [2.75, 3.05) is 45.3 Å². The quantitative estimate of drug-likeness (QED) is 0.155. The van der Waals surface area contributed by atoms with Gasteiger partial charge in [-0.3, -0.25) is 14.5 Å². The number of amides is 2. The van der Waals surface area contributed by atoms with Gasteiger partial charge >= 0.3 is 0 Å². The number of oxime groups is 1. The number of carboxylic acids is 1. The SMILES string of the molecule is CO/N=C(\C(=O)NC1C(=O)N2C(C(=O)[O-])=C(C[N+]3(C)CCCC3)CS[C@@H]12)c1csc(N)n1.Cl.Cl.O.O. The molecule has 204 valence electrons. The van der Waals surface area contributed by atoms with Gasteiger partial charge in [-0.05, 0) is 0 Å². The van der Waals surface area contributed by atoms with E-state index in [1.165, 1.54) is 23.8 Å². The fraction of sp³-hybridized carbons (Fsp3) is 0.526. The van der Waals surface area contributed by atoms with Crippen molar-refractivity contribution in [2.45, 2.75) is 24.3 Å². The third-order valence-corrected chi connectivity index (χ3v) is 7.92. The van der Waals surface area contributed by atoms with E-state index < -0.39 is 29.2 Å². The molecule has 3 aliphatic heterocycles. The molecule has 1 unspecified atom stereocenters. The predicted molar refractivity (Wildman–Crippen MR) is 139 cm³/mol. The molecule has 4 rings (SSSR count). The summed E-state index contributed by atoms with van der Waals surface area (Å²) in [5.41, 5.74) is 6.39. The van der Waals surface area contributed by atoms with Crippen LogP contribution in [0.25, 0.3) is 0 Å². The average Bonchev–Trinajstić information content (AvgIpc) is 3.37. The van der Waals surface area contributed by atoms with Crippen molar-refractivity contribution < 1.29 is 39.8 Å². The fourth-order valence-electron chi connectivity index (χ4n) is 4.41. The number of rotatable bonds is 7. The first-order valence-corrected chi connectivity index (χ1v) is 12.0. The molecule has 0 bridgehead atoms. The van der Waals surface area contributed by atoms with Gasteiger partial charge in [-0.25, -0.2) is 4.98 Å². The number of β-lactam (4-membered cyclic amide) rings is 1. The highest BCUT2D eigenvalue weighted by Crippen LogP contribution is 2.41. The zero-order chi connectivity index (χ0) is 23.0. The van der Waals surface area contributed by atoms with E-state index in [2.05, 4.69) is 22.5 Å². The van der Waals surface area contributed by atoms with E-state index in [0.29, 0.717) is 17.9 Å². The summed E-state index contributed by atoms with van der Waals surface area (Å²) in [6.07, 6.45) is 2.21. The Kier molecular flexibility index (Phi) is 12.6.